The average Bonchev–Trinajstić information content (AvgIpc) is 2.46. The number of benzene rings is 1. The molecule has 1 aromatic rings. The lowest BCUT2D eigenvalue weighted by Crippen LogP contribution is -2.47. The number of guanidine groups is 2. The third kappa shape index (κ3) is 6.53. The van der Waals surface area contributed by atoms with Gasteiger partial charge in [-0.15, -0.1) is 25.6 Å². The number of anilines is 1. The Morgan fingerprint density at radius 1 is 1.12 bits per heavy atom. The van der Waals surface area contributed by atoms with E-state index in [0.717, 1.165) is 38.4 Å². The first-order chi connectivity index (χ1) is 10.8. The van der Waals surface area contributed by atoms with E-state index in [9.17, 15) is 13.2 Å². The Bertz CT molecular complexity index is 576. The van der Waals surface area contributed by atoms with Crippen LogP contribution in [0.15, 0.2) is 24.3 Å². The number of ether oxygens (including phenoxy) is 1. The first kappa shape index (κ1) is 19.9. The molecule has 24 heavy (non-hydrogen) atoms. The molecule has 10 heteroatoms. The molecular weight excluding hydrogens is 347 g/mol. The van der Waals surface area contributed by atoms with E-state index in [0.29, 0.717) is 0 Å². The van der Waals surface area contributed by atoms with Gasteiger partial charge < -0.3 is 15.0 Å². The van der Waals surface area contributed by atoms with Crippen molar-refractivity contribution in [3.63, 3.8) is 0 Å². The molecule has 2 rings (SSSR count). The van der Waals surface area contributed by atoms with Gasteiger partial charge in [0.05, 0.1) is 0 Å². The number of hydrogen-bond acceptors (Lipinski definition) is 3. The zero-order valence-corrected chi connectivity index (χ0v) is 13.6. The minimum atomic E-state index is -4.76. The minimum Gasteiger partial charge on any atom is -0.406 e. The SMILES string of the molecule is Cl.N=C(NC(=N)N1CCCCC1)Nc1cccc(OC(F)(F)F)c1. The molecule has 0 amide bonds. The molecule has 0 atom stereocenters. The van der Waals surface area contributed by atoms with Gasteiger partial charge in [-0.3, -0.25) is 16.1 Å². The molecule has 6 nitrogen and oxygen atoms in total. The fraction of sp³-hybridized carbons (Fsp3) is 0.429. The maximum atomic E-state index is 12.2. The van der Waals surface area contributed by atoms with Crippen molar-refractivity contribution in [2.75, 3.05) is 18.4 Å². The quantitative estimate of drug-likeness (QED) is 0.478. The molecule has 0 spiro atoms. The van der Waals surface area contributed by atoms with Crippen molar-refractivity contribution in [3.05, 3.63) is 24.3 Å². The Balaban J connectivity index is 0.00000288. The fourth-order valence-corrected chi connectivity index (χ4v) is 2.26. The lowest BCUT2D eigenvalue weighted by molar-refractivity contribution is -0.274. The summed E-state index contributed by atoms with van der Waals surface area (Å²) in [6, 6.07) is 5.19. The van der Waals surface area contributed by atoms with Gasteiger partial charge in [0.2, 0.25) is 0 Å². The normalized spacial score (nSPS) is 14.4. The number of alkyl halides is 3. The van der Waals surface area contributed by atoms with Crippen LogP contribution in [0.25, 0.3) is 0 Å². The predicted octanol–water partition coefficient (Wildman–Crippen LogP) is 3.36. The Morgan fingerprint density at radius 3 is 2.42 bits per heavy atom. The number of hydrogen-bond donors (Lipinski definition) is 4. The average molecular weight is 366 g/mol. The van der Waals surface area contributed by atoms with Crippen LogP contribution in [0.2, 0.25) is 0 Å². The van der Waals surface area contributed by atoms with Gasteiger partial charge in [-0.25, -0.2) is 0 Å². The van der Waals surface area contributed by atoms with E-state index in [1.165, 1.54) is 18.2 Å². The van der Waals surface area contributed by atoms with Crippen LogP contribution in [0.1, 0.15) is 19.3 Å². The van der Waals surface area contributed by atoms with Crippen molar-refractivity contribution in [3.8, 4) is 5.75 Å². The van der Waals surface area contributed by atoms with Crippen molar-refractivity contribution in [2.24, 2.45) is 0 Å². The molecule has 0 radical (unpaired) electrons. The molecule has 1 aromatic carbocycles. The summed E-state index contributed by atoms with van der Waals surface area (Å²) in [5.74, 6) is -0.462. The molecule has 134 valence electrons. The lowest BCUT2D eigenvalue weighted by atomic mass is 10.1. The number of likely N-dealkylation sites (tertiary alicyclic amines) is 1. The molecule has 0 aromatic heterocycles. The molecule has 1 heterocycles. The lowest BCUT2D eigenvalue weighted by Gasteiger charge is -2.29. The van der Waals surface area contributed by atoms with Crippen LogP contribution in [0.3, 0.4) is 0 Å². The standard InChI is InChI=1S/C14H18F3N5O.ClH/c15-14(16,17)23-11-6-4-5-10(9-11)20-12(18)21-13(19)22-7-2-1-3-8-22;/h4-6,9H,1-3,7-8H2,(H4,18,19,20,21);1H. The largest absolute Gasteiger partial charge is 0.573 e. The van der Waals surface area contributed by atoms with Crippen LogP contribution in [0.5, 0.6) is 5.75 Å². The van der Waals surface area contributed by atoms with Crippen molar-refractivity contribution in [1.82, 2.24) is 10.2 Å². The third-order valence-corrected chi connectivity index (χ3v) is 3.25. The number of piperidine rings is 1. The molecule has 1 aliphatic rings. The maximum absolute atomic E-state index is 12.2. The summed E-state index contributed by atoms with van der Waals surface area (Å²) in [5, 5.41) is 20.9. The highest BCUT2D eigenvalue weighted by atomic mass is 35.5. The van der Waals surface area contributed by atoms with Crippen molar-refractivity contribution in [2.45, 2.75) is 25.6 Å². The molecule has 0 saturated carbocycles. The van der Waals surface area contributed by atoms with E-state index in [-0.39, 0.29) is 35.8 Å². The minimum absolute atomic E-state index is 0. The highest BCUT2D eigenvalue weighted by Gasteiger charge is 2.31. The van der Waals surface area contributed by atoms with Crippen LogP contribution in [0, 0.1) is 10.8 Å². The van der Waals surface area contributed by atoms with Crippen LogP contribution >= 0.6 is 12.4 Å². The van der Waals surface area contributed by atoms with Gasteiger partial charge in [-0.2, -0.15) is 0 Å². The monoisotopic (exact) mass is 365 g/mol. The Morgan fingerprint density at radius 2 is 1.79 bits per heavy atom. The van der Waals surface area contributed by atoms with Crippen molar-refractivity contribution in [1.29, 1.82) is 10.8 Å². The fourth-order valence-electron chi connectivity index (χ4n) is 2.26. The molecule has 1 aliphatic heterocycles. The van der Waals surface area contributed by atoms with E-state index in [2.05, 4.69) is 15.4 Å². The number of rotatable bonds is 2. The number of nitrogens with one attached hydrogen (secondary N) is 4. The molecule has 1 fully saturated rings. The summed E-state index contributed by atoms with van der Waals surface area (Å²) in [7, 11) is 0. The van der Waals surface area contributed by atoms with Gasteiger partial charge in [-0.1, -0.05) is 6.07 Å². The summed E-state index contributed by atoms with van der Waals surface area (Å²) < 4.78 is 40.4. The highest BCUT2D eigenvalue weighted by molar-refractivity contribution is 6.02. The molecule has 0 bridgehead atoms. The second kappa shape index (κ2) is 8.62. The second-order valence-corrected chi connectivity index (χ2v) is 5.10. The molecule has 1 saturated heterocycles. The Kier molecular flexibility index (Phi) is 7.15. The molecule has 4 N–H and O–H groups in total. The van der Waals surface area contributed by atoms with E-state index in [1.54, 1.807) is 0 Å². The van der Waals surface area contributed by atoms with Crippen LogP contribution in [0.4, 0.5) is 18.9 Å². The highest BCUT2D eigenvalue weighted by Crippen LogP contribution is 2.24. The van der Waals surface area contributed by atoms with Crippen LogP contribution in [-0.4, -0.2) is 36.3 Å². The topological polar surface area (TPSA) is 84.2 Å². The number of nitrogens with zero attached hydrogens (tertiary/aromatic N) is 1. The third-order valence-electron chi connectivity index (χ3n) is 3.25. The Hall–Kier alpha value is -2.16. The van der Waals surface area contributed by atoms with E-state index in [1.807, 2.05) is 4.90 Å². The van der Waals surface area contributed by atoms with Gasteiger partial charge in [0, 0.05) is 24.8 Å². The number of halogens is 4. The van der Waals surface area contributed by atoms with Gasteiger partial charge in [-0.05, 0) is 31.4 Å². The first-order valence-electron chi connectivity index (χ1n) is 7.15. The van der Waals surface area contributed by atoms with Crippen LogP contribution < -0.4 is 15.4 Å². The maximum Gasteiger partial charge on any atom is 0.573 e. The summed E-state index contributed by atoms with van der Waals surface area (Å²) in [4.78, 5) is 1.82. The van der Waals surface area contributed by atoms with Crippen LogP contribution in [-0.2, 0) is 0 Å². The van der Waals surface area contributed by atoms with Gasteiger partial charge in [0.1, 0.15) is 5.75 Å². The second-order valence-electron chi connectivity index (χ2n) is 5.10. The summed E-state index contributed by atoms with van der Waals surface area (Å²) in [6.07, 6.45) is -1.63. The first-order valence-corrected chi connectivity index (χ1v) is 7.15. The van der Waals surface area contributed by atoms with E-state index >= 15 is 0 Å². The summed E-state index contributed by atoms with van der Waals surface area (Å²) >= 11 is 0. The molecular formula is C14H19ClF3N5O. The predicted molar refractivity (Wildman–Crippen MR) is 88.0 cm³/mol. The van der Waals surface area contributed by atoms with Crippen molar-refractivity contribution < 1.29 is 17.9 Å². The van der Waals surface area contributed by atoms with Gasteiger partial charge in [0.15, 0.2) is 11.9 Å². The van der Waals surface area contributed by atoms with Gasteiger partial charge >= 0.3 is 6.36 Å². The summed E-state index contributed by atoms with van der Waals surface area (Å²) in [6.45, 7) is 1.52. The van der Waals surface area contributed by atoms with Gasteiger partial charge in [0.25, 0.3) is 0 Å². The Labute approximate surface area is 143 Å². The molecule has 0 aliphatic carbocycles. The summed E-state index contributed by atoms with van der Waals surface area (Å²) in [5.41, 5.74) is 0.260. The zero-order valence-electron chi connectivity index (χ0n) is 12.7. The van der Waals surface area contributed by atoms with Crippen molar-refractivity contribution >= 4 is 30.0 Å². The smallest absolute Gasteiger partial charge is 0.406 e. The van der Waals surface area contributed by atoms with E-state index in [4.69, 9.17) is 10.8 Å². The zero-order chi connectivity index (χ0) is 16.9. The van der Waals surface area contributed by atoms with E-state index < -0.39 is 6.36 Å². The molecule has 0 unspecified atom stereocenters.